The number of amides is 2. The molecule has 0 aliphatic carbocycles. The van der Waals surface area contributed by atoms with E-state index in [0.29, 0.717) is 45.2 Å². The Labute approximate surface area is 200 Å². The van der Waals surface area contributed by atoms with Crippen molar-refractivity contribution in [3.8, 4) is 11.5 Å². The van der Waals surface area contributed by atoms with Gasteiger partial charge in [-0.3, -0.25) is 9.59 Å². The Kier molecular flexibility index (Phi) is 10.9. The maximum Gasteiger partial charge on any atom is 0.220 e. The average molecular weight is 556 g/mol. The molecule has 168 valence electrons. The molecule has 2 aromatic carbocycles. The number of nitrogens with one attached hydrogen (secondary N) is 2. The van der Waals surface area contributed by atoms with Gasteiger partial charge in [0.05, 0.1) is 14.2 Å². The molecule has 2 rings (SSSR count). The lowest BCUT2D eigenvalue weighted by atomic mass is 10.1. The summed E-state index contributed by atoms with van der Waals surface area (Å²) in [5.74, 6) is 1.49. The minimum Gasteiger partial charge on any atom is -0.496 e. The molecule has 6 nitrogen and oxygen atoms in total. The Balaban J connectivity index is 1.62. The van der Waals surface area contributed by atoms with E-state index >= 15 is 0 Å². The van der Waals surface area contributed by atoms with Crippen molar-refractivity contribution >= 4 is 43.7 Å². The first-order valence-corrected chi connectivity index (χ1v) is 11.7. The number of carbonyl (C=O) groups excluding carboxylic acids is 2. The molecule has 0 saturated heterocycles. The summed E-state index contributed by atoms with van der Waals surface area (Å²) in [7, 11) is 3.26. The van der Waals surface area contributed by atoms with Gasteiger partial charge in [-0.05, 0) is 66.8 Å². The lowest BCUT2D eigenvalue weighted by Crippen LogP contribution is -2.27. The summed E-state index contributed by atoms with van der Waals surface area (Å²) in [6, 6.07) is 11.6. The molecule has 0 aliphatic rings. The van der Waals surface area contributed by atoms with Crippen LogP contribution in [-0.4, -0.2) is 39.1 Å². The van der Waals surface area contributed by atoms with E-state index in [2.05, 4.69) is 42.5 Å². The van der Waals surface area contributed by atoms with Crippen LogP contribution >= 0.6 is 31.9 Å². The van der Waals surface area contributed by atoms with Gasteiger partial charge in [-0.25, -0.2) is 0 Å². The first-order chi connectivity index (χ1) is 14.9. The van der Waals surface area contributed by atoms with Crippen LogP contribution in [0, 0.1) is 0 Å². The van der Waals surface area contributed by atoms with E-state index in [-0.39, 0.29) is 11.8 Å². The third kappa shape index (κ3) is 8.91. The van der Waals surface area contributed by atoms with E-state index in [4.69, 9.17) is 9.47 Å². The van der Waals surface area contributed by atoms with Crippen LogP contribution < -0.4 is 20.1 Å². The van der Waals surface area contributed by atoms with Crippen LogP contribution in [0.25, 0.3) is 0 Å². The van der Waals surface area contributed by atoms with E-state index in [0.717, 1.165) is 31.6 Å². The second kappa shape index (κ2) is 13.4. The van der Waals surface area contributed by atoms with Gasteiger partial charge in [0.25, 0.3) is 0 Å². The van der Waals surface area contributed by atoms with Crippen LogP contribution in [0.4, 0.5) is 0 Å². The number of ether oxygens (including phenoxy) is 2. The largest absolute Gasteiger partial charge is 0.496 e. The van der Waals surface area contributed by atoms with Gasteiger partial charge < -0.3 is 20.1 Å². The van der Waals surface area contributed by atoms with Crippen molar-refractivity contribution in [3.05, 3.63) is 56.5 Å². The quantitative estimate of drug-likeness (QED) is 0.406. The van der Waals surface area contributed by atoms with Gasteiger partial charge >= 0.3 is 0 Å². The molecule has 2 N–H and O–H groups in total. The molecule has 0 aliphatic heterocycles. The minimum absolute atomic E-state index is 0.0550. The van der Waals surface area contributed by atoms with Gasteiger partial charge in [0, 0.05) is 34.9 Å². The molecule has 0 radical (unpaired) electrons. The van der Waals surface area contributed by atoms with E-state index in [1.54, 1.807) is 14.2 Å². The fourth-order valence-electron chi connectivity index (χ4n) is 3.14. The van der Waals surface area contributed by atoms with Crippen molar-refractivity contribution in [2.75, 3.05) is 27.3 Å². The van der Waals surface area contributed by atoms with E-state index < -0.39 is 0 Å². The number of hydrogen-bond acceptors (Lipinski definition) is 4. The van der Waals surface area contributed by atoms with Crippen molar-refractivity contribution in [1.29, 1.82) is 0 Å². The fourth-order valence-corrected chi connectivity index (χ4v) is 3.96. The van der Waals surface area contributed by atoms with Crippen molar-refractivity contribution in [3.63, 3.8) is 0 Å². The molecule has 0 fully saturated rings. The highest BCUT2D eigenvalue weighted by Crippen LogP contribution is 2.24. The first-order valence-electron chi connectivity index (χ1n) is 10.1. The smallest absolute Gasteiger partial charge is 0.220 e. The van der Waals surface area contributed by atoms with Gasteiger partial charge in [-0.2, -0.15) is 0 Å². The molecule has 0 heterocycles. The normalized spacial score (nSPS) is 10.5. The minimum atomic E-state index is -0.0550. The molecule has 8 heteroatoms. The number of carbonyl (C=O) groups is 2. The monoisotopic (exact) mass is 554 g/mol. The summed E-state index contributed by atoms with van der Waals surface area (Å²) in [5, 5.41) is 5.80. The number of hydrogen-bond donors (Lipinski definition) is 2. The standard InChI is InChI=1S/C23H28Br2N2O4/c1-30-20-8-6-18(24)14-16(20)10-12-26-22(28)4-3-5-23(29)27-13-11-17-15-19(25)7-9-21(17)31-2/h6-9,14-15H,3-5,10-13H2,1-2H3,(H,26,28)(H,27,29). The van der Waals surface area contributed by atoms with Gasteiger partial charge in [0.1, 0.15) is 11.5 Å². The van der Waals surface area contributed by atoms with Gasteiger partial charge in [-0.15, -0.1) is 0 Å². The summed E-state index contributed by atoms with van der Waals surface area (Å²) in [5.41, 5.74) is 2.05. The molecule has 0 saturated carbocycles. The lowest BCUT2D eigenvalue weighted by molar-refractivity contribution is -0.122. The zero-order valence-electron chi connectivity index (χ0n) is 17.8. The highest BCUT2D eigenvalue weighted by Gasteiger charge is 2.08. The van der Waals surface area contributed by atoms with Gasteiger partial charge in [-0.1, -0.05) is 31.9 Å². The summed E-state index contributed by atoms with van der Waals surface area (Å²) >= 11 is 6.89. The second-order valence-corrected chi connectivity index (χ2v) is 8.80. The highest BCUT2D eigenvalue weighted by molar-refractivity contribution is 9.10. The van der Waals surface area contributed by atoms with Crippen molar-refractivity contribution in [2.24, 2.45) is 0 Å². The molecule has 0 bridgehead atoms. The van der Waals surface area contributed by atoms with Crippen LogP contribution in [0.15, 0.2) is 45.3 Å². The lowest BCUT2D eigenvalue weighted by Gasteiger charge is -2.11. The average Bonchev–Trinajstić information content (AvgIpc) is 2.74. The summed E-state index contributed by atoms with van der Waals surface area (Å²) in [6.45, 7) is 1.04. The maximum absolute atomic E-state index is 12.0. The maximum atomic E-state index is 12.0. The number of halogens is 2. The Morgan fingerprint density at radius 1 is 0.774 bits per heavy atom. The molecule has 31 heavy (non-hydrogen) atoms. The number of rotatable bonds is 12. The SMILES string of the molecule is COc1ccc(Br)cc1CCNC(=O)CCCC(=O)NCCc1cc(Br)ccc1OC. The van der Waals surface area contributed by atoms with Gasteiger partial charge in [0.15, 0.2) is 0 Å². The van der Waals surface area contributed by atoms with Crippen molar-refractivity contribution in [2.45, 2.75) is 32.1 Å². The van der Waals surface area contributed by atoms with E-state index in [9.17, 15) is 9.59 Å². The molecule has 0 spiro atoms. The second-order valence-electron chi connectivity index (χ2n) is 6.97. The predicted octanol–water partition coefficient (Wildman–Crippen LogP) is 4.42. The molecule has 0 unspecified atom stereocenters. The van der Waals surface area contributed by atoms with Crippen LogP contribution in [0.2, 0.25) is 0 Å². The van der Waals surface area contributed by atoms with Crippen LogP contribution in [0.1, 0.15) is 30.4 Å². The molecule has 0 atom stereocenters. The van der Waals surface area contributed by atoms with Crippen LogP contribution in [0.3, 0.4) is 0 Å². The third-order valence-electron chi connectivity index (χ3n) is 4.73. The number of benzene rings is 2. The van der Waals surface area contributed by atoms with Crippen LogP contribution in [0.5, 0.6) is 11.5 Å². The zero-order valence-corrected chi connectivity index (χ0v) is 21.0. The summed E-state index contributed by atoms with van der Waals surface area (Å²) in [4.78, 5) is 24.1. The van der Waals surface area contributed by atoms with Gasteiger partial charge in [0.2, 0.25) is 11.8 Å². The number of methoxy groups -OCH3 is 2. The van der Waals surface area contributed by atoms with Crippen molar-refractivity contribution in [1.82, 2.24) is 10.6 Å². The summed E-state index contributed by atoms with van der Waals surface area (Å²) < 4.78 is 12.6. The molecular formula is C23H28Br2N2O4. The zero-order chi connectivity index (χ0) is 22.6. The Hall–Kier alpha value is -2.06. The molecule has 2 amide bonds. The molecule has 2 aromatic rings. The fraction of sp³-hybridized carbons (Fsp3) is 0.391. The molecular weight excluding hydrogens is 528 g/mol. The topological polar surface area (TPSA) is 76.7 Å². The predicted molar refractivity (Wildman–Crippen MR) is 129 cm³/mol. The van der Waals surface area contributed by atoms with E-state index in [1.807, 2.05) is 36.4 Å². The third-order valence-corrected chi connectivity index (χ3v) is 5.71. The van der Waals surface area contributed by atoms with Crippen molar-refractivity contribution < 1.29 is 19.1 Å². The van der Waals surface area contributed by atoms with E-state index in [1.165, 1.54) is 0 Å². The first kappa shape index (κ1) is 25.2. The summed E-state index contributed by atoms with van der Waals surface area (Å²) in [6.07, 6.45) is 2.50. The van der Waals surface area contributed by atoms with Crippen LogP contribution in [-0.2, 0) is 22.4 Å². The molecule has 0 aromatic heterocycles. The Morgan fingerprint density at radius 3 is 1.58 bits per heavy atom. The Bertz CT molecular complexity index is 818. The Morgan fingerprint density at radius 2 is 1.19 bits per heavy atom. The highest BCUT2D eigenvalue weighted by atomic mass is 79.9.